The molecule has 4 heteroatoms. The van der Waals surface area contributed by atoms with Crippen molar-refractivity contribution in [2.24, 2.45) is 0 Å². The highest BCUT2D eigenvalue weighted by molar-refractivity contribution is 5.31. The minimum absolute atomic E-state index is 0.696. The number of ether oxygens (including phenoxy) is 2. The van der Waals surface area contributed by atoms with E-state index in [-0.39, 0.29) is 0 Å². The zero-order valence-electron chi connectivity index (χ0n) is 12.6. The van der Waals surface area contributed by atoms with Crippen LogP contribution in [0.25, 0.3) is 0 Å². The lowest BCUT2D eigenvalue weighted by Gasteiger charge is -2.19. The average Bonchev–Trinajstić information content (AvgIpc) is 3.32. The molecule has 1 aliphatic rings. The van der Waals surface area contributed by atoms with Gasteiger partial charge in [-0.05, 0) is 43.7 Å². The summed E-state index contributed by atoms with van der Waals surface area (Å²) in [5.74, 6) is 1.75. The van der Waals surface area contributed by atoms with Gasteiger partial charge in [0.15, 0.2) is 0 Å². The molecule has 1 aromatic carbocycles. The number of hydrogen-bond acceptors (Lipinski definition) is 4. The molecule has 0 spiro atoms. The van der Waals surface area contributed by atoms with Crippen LogP contribution in [-0.4, -0.2) is 50.8 Å². The molecule has 0 aromatic heterocycles. The van der Waals surface area contributed by atoms with E-state index in [1.54, 1.807) is 7.11 Å². The Labute approximate surface area is 122 Å². The van der Waals surface area contributed by atoms with Gasteiger partial charge in [0.05, 0.1) is 7.11 Å². The molecular weight excluding hydrogens is 252 g/mol. The number of benzene rings is 1. The highest BCUT2D eigenvalue weighted by atomic mass is 16.5. The van der Waals surface area contributed by atoms with Crippen LogP contribution in [0, 0.1) is 0 Å². The summed E-state index contributed by atoms with van der Waals surface area (Å²) in [4.78, 5) is 2.55. The maximum Gasteiger partial charge on any atom is 0.119 e. The van der Waals surface area contributed by atoms with Gasteiger partial charge in [-0.3, -0.25) is 4.90 Å². The Kier molecular flexibility index (Phi) is 6.15. The van der Waals surface area contributed by atoms with Gasteiger partial charge >= 0.3 is 0 Å². The van der Waals surface area contributed by atoms with Gasteiger partial charge in [0.25, 0.3) is 0 Å². The summed E-state index contributed by atoms with van der Waals surface area (Å²) in [6, 6.07) is 8.56. The topological polar surface area (TPSA) is 33.7 Å². The molecule has 1 saturated carbocycles. The minimum atomic E-state index is 0.696. The van der Waals surface area contributed by atoms with E-state index in [1.165, 1.54) is 12.8 Å². The largest absolute Gasteiger partial charge is 0.497 e. The normalized spacial score (nSPS) is 14.6. The van der Waals surface area contributed by atoms with Crippen molar-refractivity contribution in [3.05, 3.63) is 24.3 Å². The second-order valence-electron chi connectivity index (χ2n) is 5.13. The van der Waals surface area contributed by atoms with Crippen molar-refractivity contribution in [3.63, 3.8) is 0 Å². The van der Waals surface area contributed by atoms with E-state index in [1.807, 2.05) is 24.3 Å². The third-order valence-corrected chi connectivity index (χ3v) is 3.65. The van der Waals surface area contributed by atoms with E-state index in [2.05, 4.69) is 17.1 Å². The molecule has 4 nitrogen and oxygen atoms in total. The molecule has 1 aromatic rings. The van der Waals surface area contributed by atoms with Crippen LogP contribution in [0.4, 0.5) is 0 Å². The van der Waals surface area contributed by atoms with Crippen LogP contribution in [0.3, 0.4) is 0 Å². The van der Waals surface area contributed by atoms with Gasteiger partial charge in [0.2, 0.25) is 0 Å². The fourth-order valence-electron chi connectivity index (χ4n) is 2.30. The molecular formula is C16H26N2O2. The van der Waals surface area contributed by atoms with Crippen molar-refractivity contribution >= 4 is 0 Å². The van der Waals surface area contributed by atoms with E-state index in [9.17, 15) is 0 Å². The average molecular weight is 278 g/mol. The van der Waals surface area contributed by atoms with Crippen LogP contribution in [-0.2, 0) is 0 Å². The molecule has 1 fully saturated rings. The zero-order valence-corrected chi connectivity index (χ0v) is 12.6. The van der Waals surface area contributed by atoms with Crippen molar-refractivity contribution in [3.8, 4) is 11.5 Å². The quantitative estimate of drug-likeness (QED) is 0.665. The number of nitrogens with one attached hydrogen (secondary N) is 1. The van der Waals surface area contributed by atoms with Gasteiger partial charge in [0.1, 0.15) is 18.1 Å². The molecule has 0 bridgehead atoms. The lowest BCUT2D eigenvalue weighted by Crippen LogP contribution is -2.34. The van der Waals surface area contributed by atoms with Crippen LogP contribution < -0.4 is 14.8 Å². The van der Waals surface area contributed by atoms with Gasteiger partial charge in [0, 0.05) is 25.7 Å². The summed E-state index contributed by atoms with van der Waals surface area (Å²) < 4.78 is 10.8. The Bertz CT molecular complexity index is 377. The van der Waals surface area contributed by atoms with Crippen molar-refractivity contribution in [1.29, 1.82) is 0 Å². The summed E-state index contributed by atoms with van der Waals surface area (Å²) in [6.07, 6.45) is 2.77. The maximum atomic E-state index is 5.67. The SMILES string of the molecule is CCN(CCNCCOc1ccc(OC)cc1)C1CC1. The first-order valence-electron chi connectivity index (χ1n) is 7.55. The number of hydrogen-bond donors (Lipinski definition) is 1. The molecule has 2 rings (SSSR count). The van der Waals surface area contributed by atoms with Crippen molar-refractivity contribution < 1.29 is 9.47 Å². The third kappa shape index (κ3) is 5.02. The monoisotopic (exact) mass is 278 g/mol. The predicted octanol–water partition coefficient (Wildman–Crippen LogP) is 2.15. The van der Waals surface area contributed by atoms with E-state index in [0.717, 1.165) is 43.7 Å². The van der Waals surface area contributed by atoms with Crippen LogP contribution in [0.15, 0.2) is 24.3 Å². The summed E-state index contributed by atoms with van der Waals surface area (Å²) >= 11 is 0. The van der Waals surface area contributed by atoms with Crippen molar-refractivity contribution in [2.45, 2.75) is 25.8 Å². The number of methoxy groups -OCH3 is 1. The molecule has 1 aliphatic carbocycles. The van der Waals surface area contributed by atoms with Crippen LogP contribution in [0.5, 0.6) is 11.5 Å². The first kappa shape index (κ1) is 15.1. The van der Waals surface area contributed by atoms with Gasteiger partial charge in [-0.1, -0.05) is 6.92 Å². The molecule has 0 amide bonds. The highest BCUT2D eigenvalue weighted by Gasteiger charge is 2.26. The Morgan fingerprint density at radius 2 is 1.85 bits per heavy atom. The summed E-state index contributed by atoms with van der Waals surface area (Å²) in [5, 5.41) is 3.43. The molecule has 0 saturated heterocycles. The Morgan fingerprint density at radius 1 is 1.15 bits per heavy atom. The summed E-state index contributed by atoms with van der Waals surface area (Å²) in [7, 11) is 1.67. The maximum absolute atomic E-state index is 5.67. The fraction of sp³-hybridized carbons (Fsp3) is 0.625. The molecule has 0 heterocycles. The molecule has 112 valence electrons. The standard InChI is InChI=1S/C16H26N2O2/c1-3-18(14-4-5-14)12-10-17-11-13-20-16-8-6-15(19-2)7-9-16/h6-9,14,17H,3-5,10-13H2,1-2H3. The smallest absolute Gasteiger partial charge is 0.119 e. The predicted molar refractivity (Wildman–Crippen MR) is 81.6 cm³/mol. The third-order valence-electron chi connectivity index (χ3n) is 3.65. The van der Waals surface area contributed by atoms with Crippen molar-refractivity contribution in [2.75, 3.05) is 39.9 Å². The van der Waals surface area contributed by atoms with Gasteiger partial charge in [-0.25, -0.2) is 0 Å². The number of nitrogens with zero attached hydrogens (tertiary/aromatic N) is 1. The lowest BCUT2D eigenvalue weighted by molar-refractivity contribution is 0.268. The van der Waals surface area contributed by atoms with E-state index < -0.39 is 0 Å². The summed E-state index contributed by atoms with van der Waals surface area (Å²) in [6.45, 7) is 7.16. The van der Waals surface area contributed by atoms with E-state index in [0.29, 0.717) is 6.61 Å². The van der Waals surface area contributed by atoms with E-state index in [4.69, 9.17) is 9.47 Å². The highest BCUT2D eigenvalue weighted by Crippen LogP contribution is 2.25. The minimum Gasteiger partial charge on any atom is -0.497 e. The van der Waals surface area contributed by atoms with Crippen LogP contribution >= 0.6 is 0 Å². The molecule has 0 unspecified atom stereocenters. The summed E-state index contributed by atoms with van der Waals surface area (Å²) in [5.41, 5.74) is 0. The number of rotatable bonds is 10. The zero-order chi connectivity index (χ0) is 14.2. The molecule has 0 radical (unpaired) electrons. The molecule has 0 aliphatic heterocycles. The van der Waals surface area contributed by atoms with Crippen LogP contribution in [0.1, 0.15) is 19.8 Å². The number of likely N-dealkylation sites (N-methyl/N-ethyl adjacent to an activating group) is 1. The Morgan fingerprint density at radius 3 is 2.45 bits per heavy atom. The van der Waals surface area contributed by atoms with Gasteiger partial charge in [-0.2, -0.15) is 0 Å². The first-order valence-corrected chi connectivity index (χ1v) is 7.55. The second kappa shape index (κ2) is 8.12. The van der Waals surface area contributed by atoms with E-state index >= 15 is 0 Å². The molecule has 20 heavy (non-hydrogen) atoms. The van der Waals surface area contributed by atoms with Crippen LogP contribution in [0.2, 0.25) is 0 Å². The van der Waals surface area contributed by atoms with Gasteiger partial charge in [-0.15, -0.1) is 0 Å². The molecule has 0 atom stereocenters. The van der Waals surface area contributed by atoms with Gasteiger partial charge < -0.3 is 14.8 Å². The van der Waals surface area contributed by atoms with Crippen molar-refractivity contribution in [1.82, 2.24) is 10.2 Å². The Hall–Kier alpha value is -1.26. The lowest BCUT2D eigenvalue weighted by atomic mass is 10.3. The fourth-order valence-corrected chi connectivity index (χ4v) is 2.30. The molecule has 1 N–H and O–H groups in total. The Balaban J connectivity index is 1.52. The second-order valence-corrected chi connectivity index (χ2v) is 5.13. The first-order chi connectivity index (χ1) is 9.83.